The summed E-state index contributed by atoms with van der Waals surface area (Å²) >= 11 is 0. The maximum atomic E-state index is 12.1. The third-order valence-electron chi connectivity index (χ3n) is 2.89. The van der Waals surface area contributed by atoms with Gasteiger partial charge in [-0.25, -0.2) is 0 Å². The van der Waals surface area contributed by atoms with Crippen molar-refractivity contribution in [3.05, 3.63) is 35.9 Å². The zero-order valence-electron chi connectivity index (χ0n) is 10.8. The van der Waals surface area contributed by atoms with Crippen molar-refractivity contribution in [2.24, 2.45) is 5.92 Å². The van der Waals surface area contributed by atoms with Gasteiger partial charge in [-0.05, 0) is 12.0 Å². The molecule has 0 bridgehead atoms. The largest absolute Gasteiger partial charge is 0.480 e. The first-order chi connectivity index (χ1) is 8.54. The quantitative estimate of drug-likeness (QED) is 0.840. The molecule has 1 atom stereocenters. The Labute approximate surface area is 107 Å². The lowest BCUT2D eigenvalue weighted by atomic mass is 10.1. The van der Waals surface area contributed by atoms with E-state index in [9.17, 15) is 9.59 Å². The normalized spacial score (nSPS) is 11.9. The predicted molar refractivity (Wildman–Crippen MR) is 68.9 cm³/mol. The number of hydrogen-bond donors (Lipinski definition) is 1. The minimum absolute atomic E-state index is 0.108. The van der Waals surface area contributed by atoms with Crippen LogP contribution in [0.25, 0.3) is 0 Å². The molecule has 0 aliphatic heterocycles. The van der Waals surface area contributed by atoms with Gasteiger partial charge in [-0.2, -0.15) is 0 Å². The van der Waals surface area contributed by atoms with Gasteiger partial charge in [0, 0.05) is 12.5 Å². The molecular weight excluding hydrogens is 230 g/mol. The van der Waals surface area contributed by atoms with Crippen LogP contribution < -0.4 is 0 Å². The third-order valence-corrected chi connectivity index (χ3v) is 2.89. The first-order valence-corrected chi connectivity index (χ1v) is 6.09. The molecule has 1 amide bonds. The van der Waals surface area contributed by atoms with Gasteiger partial charge in [0.25, 0.3) is 0 Å². The molecule has 0 heterocycles. The lowest BCUT2D eigenvalue weighted by Gasteiger charge is -2.23. The summed E-state index contributed by atoms with van der Waals surface area (Å²) < 4.78 is 0. The molecule has 1 aromatic rings. The highest BCUT2D eigenvalue weighted by Gasteiger charge is 2.21. The van der Waals surface area contributed by atoms with Crippen molar-refractivity contribution in [1.29, 1.82) is 0 Å². The van der Waals surface area contributed by atoms with E-state index in [0.29, 0.717) is 13.0 Å². The summed E-state index contributed by atoms with van der Waals surface area (Å²) in [7, 11) is 0. The number of nitrogens with zero attached hydrogens (tertiary/aromatic N) is 1. The van der Waals surface area contributed by atoms with Gasteiger partial charge >= 0.3 is 5.97 Å². The van der Waals surface area contributed by atoms with E-state index in [-0.39, 0.29) is 18.4 Å². The summed E-state index contributed by atoms with van der Waals surface area (Å²) in [6.07, 6.45) is 0.712. The van der Waals surface area contributed by atoms with E-state index < -0.39 is 5.97 Å². The second-order valence-corrected chi connectivity index (χ2v) is 4.38. The van der Waals surface area contributed by atoms with Gasteiger partial charge in [-0.15, -0.1) is 0 Å². The monoisotopic (exact) mass is 249 g/mol. The van der Waals surface area contributed by atoms with Crippen LogP contribution in [0.1, 0.15) is 25.8 Å². The van der Waals surface area contributed by atoms with Gasteiger partial charge in [0.15, 0.2) is 0 Å². The molecule has 0 aliphatic carbocycles. The summed E-state index contributed by atoms with van der Waals surface area (Å²) in [5.74, 6) is -1.24. The Bertz CT molecular complexity index is 403. The van der Waals surface area contributed by atoms with E-state index in [4.69, 9.17) is 5.11 Å². The second kappa shape index (κ2) is 6.79. The van der Waals surface area contributed by atoms with Crippen molar-refractivity contribution in [2.45, 2.75) is 26.8 Å². The van der Waals surface area contributed by atoms with Crippen LogP contribution >= 0.6 is 0 Å². The molecule has 1 aromatic carbocycles. The zero-order valence-corrected chi connectivity index (χ0v) is 10.8. The summed E-state index contributed by atoms with van der Waals surface area (Å²) in [6, 6.07) is 9.42. The Hall–Kier alpha value is -1.84. The zero-order chi connectivity index (χ0) is 13.5. The fraction of sp³-hybridized carbons (Fsp3) is 0.429. The molecule has 18 heavy (non-hydrogen) atoms. The number of rotatable bonds is 6. The van der Waals surface area contributed by atoms with Crippen molar-refractivity contribution in [3.63, 3.8) is 0 Å². The van der Waals surface area contributed by atoms with Crippen molar-refractivity contribution in [3.8, 4) is 0 Å². The lowest BCUT2D eigenvalue weighted by molar-refractivity contribution is -0.146. The molecule has 0 saturated carbocycles. The molecule has 4 nitrogen and oxygen atoms in total. The van der Waals surface area contributed by atoms with E-state index in [1.165, 1.54) is 4.90 Å². The molecule has 0 aromatic heterocycles. The van der Waals surface area contributed by atoms with E-state index in [2.05, 4.69) is 0 Å². The van der Waals surface area contributed by atoms with Crippen molar-refractivity contribution < 1.29 is 14.7 Å². The lowest BCUT2D eigenvalue weighted by Crippen LogP contribution is -2.38. The highest BCUT2D eigenvalue weighted by Crippen LogP contribution is 2.11. The fourth-order valence-corrected chi connectivity index (χ4v) is 1.67. The van der Waals surface area contributed by atoms with Crippen LogP contribution in [-0.2, 0) is 16.1 Å². The fourth-order valence-electron chi connectivity index (χ4n) is 1.67. The number of aliphatic carboxylic acids is 1. The Morgan fingerprint density at radius 3 is 2.39 bits per heavy atom. The standard InChI is InChI=1S/C14H19NO3/c1-3-11(2)14(18)15(10-13(16)17)9-12-7-5-4-6-8-12/h4-8,11H,3,9-10H2,1-2H3,(H,16,17)/t11-/m0/s1. The van der Waals surface area contributed by atoms with Gasteiger partial charge in [0.05, 0.1) is 0 Å². The molecular formula is C14H19NO3. The molecule has 0 unspecified atom stereocenters. The third kappa shape index (κ3) is 4.20. The number of carboxylic acids is 1. The predicted octanol–water partition coefficient (Wildman–Crippen LogP) is 2.15. The molecule has 0 fully saturated rings. The number of carboxylic acid groups (broad SMARTS) is 1. The number of carbonyl (C=O) groups excluding carboxylic acids is 1. The minimum Gasteiger partial charge on any atom is -0.480 e. The number of amides is 1. The maximum absolute atomic E-state index is 12.1. The SMILES string of the molecule is CC[C@H](C)C(=O)N(CC(=O)O)Cc1ccccc1. The molecule has 98 valence electrons. The van der Waals surface area contributed by atoms with Gasteiger partial charge in [-0.3, -0.25) is 9.59 Å². The Kier molecular flexibility index (Phi) is 5.36. The van der Waals surface area contributed by atoms with Crippen LogP contribution in [-0.4, -0.2) is 28.4 Å². The van der Waals surface area contributed by atoms with Gasteiger partial charge in [0.1, 0.15) is 6.54 Å². The van der Waals surface area contributed by atoms with Gasteiger partial charge in [-0.1, -0.05) is 44.2 Å². The smallest absolute Gasteiger partial charge is 0.323 e. The summed E-state index contributed by atoms with van der Waals surface area (Å²) in [6.45, 7) is 3.83. The molecule has 4 heteroatoms. The summed E-state index contributed by atoms with van der Waals surface area (Å²) in [5, 5.41) is 8.87. The molecule has 0 aliphatic rings. The van der Waals surface area contributed by atoms with Crippen LogP contribution in [0.15, 0.2) is 30.3 Å². The highest BCUT2D eigenvalue weighted by atomic mass is 16.4. The van der Waals surface area contributed by atoms with Crippen molar-refractivity contribution in [2.75, 3.05) is 6.54 Å². The van der Waals surface area contributed by atoms with E-state index in [1.54, 1.807) is 0 Å². The number of hydrogen-bond acceptors (Lipinski definition) is 2. The Morgan fingerprint density at radius 1 is 1.28 bits per heavy atom. The molecule has 1 N–H and O–H groups in total. The first kappa shape index (κ1) is 14.2. The van der Waals surface area contributed by atoms with Crippen LogP contribution in [0, 0.1) is 5.92 Å². The van der Waals surface area contributed by atoms with Gasteiger partial charge in [0.2, 0.25) is 5.91 Å². The summed E-state index contributed by atoms with van der Waals surface area (Å²) in [5.41, 5.74) is 0.940. The van der Waals surface area contributed by atoms with Crippen molar-refractivity contribution in [1.82, 2.24) is 4.90 Å². The topological polar surface area (TPSA) is 57.6 Å². The maximum Gasteiger partial charge on any atom is 0.323 e. The molecule has 0 radical (unpaired) electrons. The van der Waals surface area contributed by atoms with Crippen molar-refractivity contribution >= 4 is 11.9 Å². The van der Waals surface area contributed by atoms with E-state index >= 15 is 0 Å². The van der Waals surface area contributed by atoms with Crippen LogP contribution in [0.2, 0.25) is 0 Å². The number of benzene rings is 1. The first-order valence-electron chi connectivity index (χ1n) is 6.09. The van der Waals surface area contributed by atoms with Crippen LogP contribution in [0.3, 0.4) is 0 Å². The average Bonchev–Trinajstić information content (AvgIpc) is 2.37. The molecule has 0 saturated heterocycles. The average molecular weight is 249 g/mol. The minimum atomic E-state index is -0.984. The Balaban J connectivity index is 2.78. The number of carbonyl (C=O) groups is 2. The molecule has 0 spiro atoms. The second-order valence-electron chi connectivity index (χ2n) is 4.38. The summed E-state index contributed by atoms with van der Waals surface area (Å²) in [4.78, 5) is 24.3. The Morgan fingerprint density at radius 2 is 1.89 bits per heavy atom. The van der Waals surface area contributed by atoms with Crippen LogP contribution in [0.4, 0.5) is 0 Å². The van der Waals surface area contributed by atoms with E-state index in [0.717, 1.165) is 5.56 Å². The van der Waals surface area contributed by atoms with Gasteiger partial charge < -0.3 is 10.0 Å². The van der Waals surface area contributed by atoms with E-state index in [1.807, 2.05) is 44.2 Å². The molecule has 1 rings (SSSR count). The van der Waals surface area contributed by atoms with Crippen LogP contribution in [0.5, 0.6) is 0 Å². The highest BCUT2D eigenvalue weighted by molar-refractivity contribution is 5.82.